The number of aliphatic hydroxyl groups is 1. The third-order valence-electron chi connectivity index (χ3n) is 2.56. The standard InChI is InChI=1S/C12H23F2NO2/c1-2-3-4-5-6-7-8-11(17)15-9-10(16)12(13)14/h10,12,16H,2-9H2,1H3,(H,15,17). The maximum Gasteiger partial charge on any atom is 0.265 e. The zero-order valence-corrected chi connectivity index (χ0v) is 10.4. The van der Waals surface area contributed by atoms with Crippen molar-refractivity contribution in [2.24, 2.45) is 0 Å². The summed E-state index contributed by atoms with van der Waals surface area (Å²) >= 11 is 0. The van der Waals surface area contributed by atoms with Crippen LogP contribution in [-0.4, -0.2) is 30.1 Å². The van der Waals surface area contributed by atoms with E-state index in [0.717, 1.165) is 19.3 Å². The van der Waals surface area contributed by atoms with Gasteiger partial charge in [0, 0.05) is 13.0 Å². The highest BCUT2D eigenvalue weighted by molar-refractivity contribution is 5.75. The molecule has 102 valence electrons. The number of hydrogen-bond donors (Lipinski definition) is 2. The largest absolute Gasteiger partial charge is 0.385 e. The average molecular weight is 251 g/mol. The van der Waals surface area contributed by atoms with Crippen molar-refractivity contribution >= 4 is 5.91 Å². The summed E-state index contributed by atoms with van der Waals surface area (Å²) in [6.07, 6.45) is 2.25. The molecule has 0 aliphatic heterocycles. The summed E-state index contributed by atoms with van der Waals surface area (Å²) in [5.41, 5.74) is 0. The molecule has 0 rings (SSSR count). The molecule has 0 saturated heterocycles. The third-order valence-corrected chi connectivity index (χ3v) is 2.56. The van der Waals surface area contributed by atoms with Crippen molar-refractivity contribution in [3.63, 3.8) is 0 Å². The number of aliphatic hydroxyl groups excluding tert-OH is 1. The maximum absolute atomic E-state index is 11.9. The minimum atomic E-state index is -2.80. The maximum atomic E-state index is 11.9. The first kappa shape index (κ1) is 16.3. The highest BCUT2D eigenvalue weighted by atomic mass is 19.3. The molecule has 0 saturated carbocycles. The van der Waals surface area contributed by atoms with E-state index >= 15 is 0 Å². The van der Waals surface area contributed by atoms with Crippen molar-refractivity contribution in [1.82, 2.24) is 5.32 Å². The van der Waals surface area contributed by atoms with Crippen LogP contribution in [0.3, 0.4) is 0 Å². The van der Waals surface area contributed by atoms with Crippen molar-refractivity contribution < 1.29 is 18.7 Å². The SMILES string of the molecule is CCCCCCCCC(=O)NCC(O)C(F)F. The Labute approximate surface area is 102 Å². The normalized spacial score (nSPS) is 12.8. The molecule has 0 aliphatic carbocycles. The van der Waals surface area contributed by atoms with Crippen LogP contribution in [-0.2, 0) is 4.79 Å². The Morgan fingerprint density at radius 3 is 2.35 bits per heavy atom. The smallest absolute Gasteiger partial charge is 0.265 e. The summed E-state index contributed by atoms with van der Waals surface area (Å²) in [7, 11) is 0. The Morgan fingerprint density at radius 2 is 1.76 bits per heavy atom. The van der Waals surface area contributed by atoms with Gasteiger partial charge in [-0.05, 0) is 6.42 Å². The summed E-state index contributed by atoms with van der Waals surface area (Å²) in [4.78, 5) is 11.2. The fourth-order valence-corrected chi connectivity index (χ4v) is 1.46. The molecular weight excluding hydrogens is 228 g/mol. The lowest BCUT2D eigenvalue weighted by molar-refractivity contribution is -0.122. The minimum Gasteiger partial charge on any atom is -0.385 e. The number of halogens is 2. The van der Waals surface area contributed by atoms with Crippen LogP contribution in [0.25, 0.3) is 0 Å². The highest BCUT2D eigenvalue weighted by Gasteiger charge is 2.16. The van der Waals surface area contributed by atoms with Gasteiger partial charge >= 0.3 is 0 Å². The van der Waals surface area contributed by atoms with E-state index in [1.165, 1.54) is 19.3 Å². The lowest BCUT2D eigenvalue weighted by Gasteiger charge is -2.10. The van der Waals surface area contributed by atoms with Crippen molar-refractivity contribution in [3.8, 4) is 0 Å². The van der Waals surface area contributed by atoms with Gasteiger partial charge in [-0.15, -0.1) is 0 Å². The van der Waals surface area contributed by atoms with E-state index < -0.39 is 12.5 Å². The zero-order valence-electron chi connectivity index (χ0n) is 10.4. The van der Waals surface area contributed by atoms with Crippen LogP contribution in [0.2, 0.25) is 0 Å². The summed E-state index contributed by atoms with van der Waals surface area (Å²) in [5, 5.41) is 11.1. The number of alkyl halides is 2. The molecule has 17 heavy (non-hydrogen) atoms. The van der Waals surface area contributed by atoms with E-state index in [2.05, 4.69) is 12.2 Å². The van der Waals surface area contributed by atoms with Gasteiger partial charge in [0.2, 0.25) is 5.91 Å². The van der Waals surface area contributed by atoms with Gasteiger partial charge < -0.3 is 10.4 Å². The zero-order chi connectivity index (χ0) is 13.1. The summed E-state index contributed by atoms with van der Waals surface area (Å²) in [6, 6.07) is 0. The predicted octanol–water partition coefficient (Wildman–Crippen LogP) is 2.48. The van der Waals surface area contributed by atoms with Gasteiger partial charge in [-0.2, -0.15) is 0 Å². The molecular formula is C12H23F2NO2. The molecule has 0 aliphatic rings. The monoisotopic (exact) mass is 251 g/mol. The van der Waals surface area contributed by atoms with Crippen LogP contribution < -0.4 is 5.32 Å². The molecule has 0 fully saturated rings. The third kappa shape index (κ3) is 10.2. The Morgan fingerprint density at radius 1 is 1.18 bits per heavy atom. The average Bonchev–Trinajstić information content (AvgIpc) is 2.30. The van der Waals surface area contributed by atoms with E-state index in [-0.39, 0.29) is 12.5 Å². The van der Waals surface area contributed by atoms with Gasteiger partial charge in [-0.1, -0.05) is 39.0 Å². The number of rotatable bonds is 10. The van der Waals surface area contributed by atoms with E-state index in [1.807, 2.05) is 0 Å². The topological polar surface area (TPSA) is 49.3 Å². The molecule has 2 N–H and O–H groups in total. The summed E-state index contributed by atoms with van der Waals surface area (Å²) < 4.78 is 23.8. The highest BCUT2D eigenvalue weighted by Crippen LogP contribution is 2.06. The van der Waals surface area contributed by atoms with Crippen LogP contribution in [0.15, 0.2) is 0 Å². The Hall–Kier alpha value is -0.710. The molecule has 3 nitrogen and oxygen atoms in total. The van der Waals surface area contributed by atoms with Gasteiger partial charge in [0.05, 0.1) is 0 Å². The molecule has 1 atom stereocenters. The molecule has 5 heteroatoms. The second kappa shape index (κ2) is 10.4. The first-order chi connectivity index (χ1) is 8.07. The molecule has 1 unspecified atom stereocenters. The lowest BCUT2D eigenvalue weighted by Crippen LogP contribution is -2.35. The van der Waals surface area contributed by atoms with Crippen molar-refractivity contribution in [2.45, 2.75) is 64.4 Å². The van der Waals surface area contributed by atoms with Crippen LogP contribution in [0, 0.1) is 0 Å². The molecule has 0 spiro atoms. The van der Waals surface area contributed by atoms with Crippen molar-refractivity contribution in [3.05, 3.63) is 0 Å². The Kier molecular flexibility index (Phi) is 10.0. The molecule has 0 aromatic heterocycles. The van der Waals surface area contributed by atoms with Crippen molar-refractivity contribution in [1.29, 1.82) is 0 Å². The van der Waals surface area contributed by atoms with Crippen LogP contribution in [0.1, 0.15) is 51.9 Å². The minimum absolute atomic E-state index is 0.264. The molecule has 0 heterocycles. The first-order valence-corrected chi connectivity index (χ1v) is 6.30. The second-order valence-corrected chi connectivity index (χ2v) is 4.22. The number of amides is 1. The first-order valence-electron chi connectivity index (χ1n) is 6.30. The molecule has 0 radical (unpaired) electrons. The Bertz CT molecular complexity index is 201. The van der Waals surface area contributed by atoms with Gasteiger partial charge in [-0.25, -0.2) is 8.78 Å². The molecule has 0 bridgehead atoms. The van der Waals surface area contributed by atoms with Crippen molar-refractivity contribution in [2.75, 3.05) is 6.54 Å². The lowest BCUT2D eigenvalue weighted by atomic mass is 10.1. The van der Waals surface area contributed by atoms with E-state index in [1.54, 1.807) is 0 Å². The van der Waals surface area contributed by atoms with Gasteiger partial charge in [-0.3, -0.25) is 4.79 Å². The van der Waals surface area contributed by atoms with Gasteiger partial charge in [0.15, 0.2) is 0 Å². The summed E-state index contributed by atoms with van der Waals surface area (Å²) in [5.74, 6) is -0.264. The van der Waals surface area contributed by atoms with E-state index in [9.17, 15) is 13.6 Å². The van der Waals surface area contributed by atoms with Gasteiger partial charge in [0.1, 0.15) is 6.10 Å². The molecule has 0 aromatic rings. The predicted molar refractivity (Wildman–Crippen MR) is 63.0 cm³/mol. The number of unbranched alkanes of at least 4 members (excludes halogenated alkanes) is 5. The van der Waals surface area contributed by atoms with Gasteiger partial charge in [0.25, 0.3) is 6.43 Å². The molecule has 1 amide bonds. The van der Waals surface area contributed by atoms with Crippen LogP contribution in [0.5, 0.6) is 0 Å². The Balaban J connectivity index is 3.35. The van der Waals surface area contributed by atoms with Crippen LogP contribution >= 0.6 is 0 Å². The van der Waals surface area contributed by atoms with Crippen LogP contribution in [0.4, 0.5) is 8.78 Å². The number of carbonyl (C=O) groups excluding carboxylic acids is 1. The fraction of sp³-hybridized carbons (Fsp3) is 0.917. The number of hydrogen-bond acceptors (Lipinski definition) is 2. The quantitative estimate of drug-likeness (QED) is 0.586. The second-order valence-electron chi connectivity index (χ2n) is 4.22. The fourth-order valence-electron chi connectivity index (χ4n) is 1.46. The number of nitrogens with one attached hydrogen (secondary N) is 1. The molecule has 0 aromatic carbocycles. The van der Waals surface area contributed by atoms with E-state index in [0.29, 0.717) is 6.42 Å². The summed E-state index contributed by atoms with van der Waals surface area (Å²) in [6.45, 7) is 1.77. The number of carbonyl (C=O) groups is 1. The van der Waals surface area contributed by atoms with E-state index in [4.69, 9.17) is 5.11 Å².